The van der Waals surface area contributed by atoms with Crippen LogP contribution in [0.1, 0.15) is 0 Å². The van der Waals surface area contributed by atoms with E-state index < -0.39 is 0 Å². The predicted octanol–water partition coefficient (Wildman–Crippen LogP) is -0.217. The van der Waals surface area contributed by atoms with Gasteiger partial charge in [0.05, 0.1) is 12.7 Å². The second-order valence-electron chi connectivity index (χ2n) is 2.04. The standard InChI is InChI=1S/C6H12NO2.U/c1-8-5-6-4-7-2-3-9-6;/h3,6-7H,2,4-5H2,1H3;/q-1;. The third-order valence-corrected chi connectivity index (χ3v) is 1.24. The van der Waals surface area contributed by atoms with Gasteiger partial charge in [-0.25, -0.2) is 0 Å². The Hall–Kier alpha value is 0.932. The Bertz CT molecular complexity index is 73.4. The van der Waals surface area contributed by atoms with E-state index in [1.54, 1.807) is 13.7 Å². The van der Waals surface area contributed by atoms with Crippen molar-refractivity contribution in [3.63, 3.8) is 0 Å². The van der Waals surface area contributed by atoms with Crippen molar-refractivity contribution in [3.05, 3.63) is 6.61 Å². The molecule has 10 heavy (non-hydrogen) atoms. The molecule has 0 aliphatic carbocycles. The molecule has 0 saturated carbocycles. The monoisotopic (exact) mass is 368 g/mol. The number of nitrogens with one attached hydrogen (secondary N) is 1. The van der Waals surface area contributed by atoms with E-state index in [0.717, 1.165) is 13.1 Å². The van der Waals surface area contributed by atoms with Crippen LogP contribution in [-0.2, 0) is 9.47 Å². The molecule has 0 radical (unpaired) electrons. The van der Waals surface area contributed by atoms with Crippen molar-refractivity contribution in [1.29, 1.82) is 0 Å². The van der Waals surface area contributed by atoms with Gasteiger partial charge in [0.25, 0.3) is 0 Å². The zero-order valence-electron chi connectivity index (χ0n) is 6.09. The predicted molar refractivity (Wildman–Crippen MR) is 33.9 cm³/mol. The summed E-state index contributed by atoms with van der Waals surface area (Å²) in [7, 11) is 1.68. The molecule has 1 rings (SSSR count). The van der Waals surface area contributed by atoms with Gasteiger partial charge in [0.2, 0.25) is 0 Å². The molecule has 0 aromatic heterocycles. The first kappa shape index (κ1) is 10.9. The van der Waals surface area contributed by atoms with Gasteiger partial charge < -0.3 is 14.8 Å². The Balaban J connectivity index is 0.000000810. The second-order valence-corrected chi connectivity index (χ2v) is 2.04. The number of hydrogen-bond donors (Lipinski definition) is 1. The summed E-state index contributed by atoms with van der Waals surface area (Å²) < 4.78 is 10.1. The maximum Gasteiger partial charge on any atom is 0.0708 e. The van der Waals surface area contributed by atoms with E-state index in [0.29, 0.717) is 6.61 Å². The maximum atomic E-state index is 5.21. The van der Waals surface area contributed by atoms with E-state index in [4.69, 9.17) is 9.47 Å². The van der Waals surface area contributed by atoms with E-state index in [1.165, 1.54) is 0 Å². The summed E-state index contributed by atoms with van der Waals surface area (Å²) in [5, 5.41) is 3.16. The Labute approximate surface area is 85.2 Å². The van der Waals surface area contributed by atoms with Crippen molar-refractivity contribution in [2.45, 2.75) is 6.10 Å². The Kier molecular flexibility index (Phi) is 7.25. The van der Waals surface area contributed by atoms with Crippen molar-refractivity contribution in [3.8, 4) is 0 Å². The van der Waals surface area contributed by atoms with Crippen LogP contribution in [0.3, 0.4) is 0 Å². The van der Waals surface area contributed by atoms with E-state index in [2.05, 4.69) is 5.32 Å². The molecular formula is C6H12NO2U-. The fraction of sp³-hybridized carbons (Fsp3) is 0.833. The normalized spacial score (nSPS) is 25.5. The first-order chi connectivity index (χ1) is 4.43. The molecule has 0 aromatic carbocycles. The molecule has 1 atom stereocenters. The van der Waals surface area contributed by atoms with Gasteiger partial charge in [0, 0.05) is 44.8 Å². The van der Waals surface area contributed by atoms with Crippen LogP contribution in [0.2, 0.25) is 0 Å². The number of rotatable bonds is 2. The van der Waals surface area contributed by atoms with Gasteiger partial charge in [0.15, 0.2) is 0 Å². The molecule has 0 spiro atoms. The van der Waals surface area contributed by atoms with Crippen molar-refractivity contribution in [2.24, 2.45) is 0 Å². The molecule has 1 aliphatic rings. The van der Waals surface area contributed by atoms with Crippen LogP contribution < -0.4 is 5.32 Å². The molecule has 1 unspecified atom stereocenters. The quantitative estimate of drug-likeness (QED) is 0.684. The molecule has 0 amide bonds. The molecule has 4 heteroatoms. The minimum Gasteiger partial charge on any atom is -0.546 e. The van der Waals surface area contributed by atoms with Gasteiger partial charge in [0.1, 0.15) is 0 Å². The van der Waals surface area contributed by atoms with Crippen LogP contribution in [0.5, 0.6) is 0 Å². The fourth-order valence-corrected chi connectivity index (χ4v) is 0.820. The molecule has 1 fully saturated rings. The maximum absolute atomic E-state index is 5.21. The Morgan fingerprint density at radius 3 is 3.10 bits per heavy atom. The smallest absolute Gasteiger partial charge is 0.0708 e. The summed E-state index contributed by atoms with van der Waals surface area (Å²) >= 11 is 0. The van der Waals surface area contributed by atoms with Gasteiger partial charge in [-0.1, -0.05) is 0 Å². The minimum atomic E-state index is 0. The van der Waals surface area contributed by atoms with Crippen molar-refractivity contribution < 1.29 is 40.6 Å². The molecule has 1 N–H and O–H groups in total. The summed E-state index contributed by atoms with van der Waals surface area (Å²) in [6.07, 6.45) is 0.212. The summed E-state index contributed by atoms with van der Waals surface area (Å²) in [5.74, 6) is 0. The first-order valence-electron chi connectivity index (χ1n) is 3.10. The number of methoxy groups -OCH3 is 1. The third kappa shape index (κ3) is 3.95. The van der Waals surface area contributed by atoms with E-state index in [1.807, 2.05) is 0 Å². The SMILES string of the molecule is COCC1CNC[CH-]O1.[U]. The zero-order valence-corrected chi connectivity index (χ0v) is 10.3. The molecule has 1 aliphatic heterocycles. The largest absolute Gasteiger partial charge is 0.546 e. The van der Waals surface area contributed by atoms with Gasteiger partial charge in [-0.05, 0) is 0 Å². The minimum absolute atomic E-state index is 0. The van der Waals surface area contributed by atoms with Crippen LogP contribution in [0.15, 0.2) is 0 Å². The number of ether oxygens (including phenoxy) is 2. The van der Waals surface area contributed by atoms with Gasteiger partial charge in [-0.15, -0.1) is 6.54 Å². The van der Waals surface area contributed by atoms with Crippen molar-refractivity contribution in [2.75, 3.05) is 26.8 Å². The van der Waals surface area contributed by atoms with E-state index in [9.17, 15) is 0 Å². The Morgan fingerprint density at radius 1 is 1.80 bits per heavy atom. The third-order valence-electron chi connectivity index (χ3n) is 1.24. The summed E-state index contributed by atoms with van der Waals surface area (Å²) in [4.78, 5) is 0. The molecule has 58 valence electrons. The van der Waals surface area contributed by atoms with Crippen LogP contribution >= 0.6 is 0 Å². The summed E-state index contributed by atoms with van der Waals surface area (Å²) in [5.41, 5.74) is 0. The Morgan fingerprint density at radius 2 is 2.60 bits per heavy atom. The van der Waals surface area contributed by atoms with Crippen LogP contribution in [-0.4, -0.2) is 32.9 Å². The van der Waals surface area contributed by atoms with Crippen molar-refractivity contribution in [1.82, 2.24) is 5.32 Å². The van der Waals surface area contributed by atoms with Gasteiger partial charge in [-0.3, -0.25) is 0 Å². The fourth-order valence-electron chi connectivity index (χ4n) is 0.820. The second kappa shape index (κ2) is 6.63. The molecule has 1 saturated heterocycles. The molecule has 0 aromatic rings. The van der Waals surface area contributed by atoms with Crippen LogP contribution in [0, 0.1) is 37.7 Å². The van der Waals surface area contributed by atoms with Gasteiger partial charge in [-0.2, -0.15) is 6.61 Å². The van der Waals surface area contributed by atoms with Crippen LogP contribution in [0.4, 0.5) is 0 Å². The van der Waals surface area contributed by atoms with Crippen LogP contribution in [0.25, 0.3) is 0 Å². The summed E-state index contributed by atoms with van der Waals surface area (Å²) in [6, 6.07) is 0. The van der Waals surface area contributed by atoms with Gasteiger partial charge >= 0.3 is 0 Å². The molecular weight excluding hydrogens is 356 g/mol. The molecule has 3 nitrogen and oxygen atoms in total. The number of morpholine rings is 1. The topological polar surface area (TPSA) is 30.5 Å². The van der Waals surface area contributed by atoms with E-state index in [-0.39, 0.29) is 37.2 Å². The first-order valence-corrected chi connectivity index (χ1v) is 3.10. The summed E-state index contributed by atoms with van der Waals surface area (Å²) in [6.45, 7) is 4.18. The molecule has 0 bridgehead atoms. The van der Waals surface area contributed by atoms with E-state index >= 15 is 0 Å². The number of hydrogen-bond acceptors (Lipinski definition) is 3. The average Bonchev–Trinajstić information content (AvgIpc) is 1.91. The van der Waals surface area contributed by atoms with Crippen molar-refractivity contribution >= 4 is 0 Å². The molecule has 1 heterocycles. The average molecular weight is 368 g/mol. The zero-order chi connectivity index (χ0) is 6.53.